The molecule has 0 bridgehead atoms. The van der Waals surface area contributed by atoms with Crippen LogP contribution in [0.2, 0.25) is 0 Å². The minimum Gasteiger partial charge on any atom is -0.0625 e. The van der Waals surface area contributed by atoms with Crippen molar-refractivity contribution in [3.63, 3.8) is 0 Å². The molecule has 3 aromatic carbocycles. The Balaban J connectivity index is 2.12. The Morgan fingerprint density at radius 1 is 0.579 bits per heavy atom. The maximum atomic E-state index is 3.43. The summed E-state index contributed by atoms with van der Waals surface area (Å²) in [5, 5.41) is 4.23. The average molecular weight is 259 g/mol. The van der Waals surface area contributed by atoms with Crippen LogP contribution < -0.4 is 15.6 Å². The van der Waals surface area contributed by atoms with Gasteiger partial charge in [0, 0.05) is 0 Å². The van der Waals surface area contributed by atoms with E-state index in [0.29, 0.717) is 0 Å². The predicted molar refractivity (Wildman–Crippen MR) is 84.2 cm³/mol. The maximum absolute atomic E-state index is 3.43. The summed E-state index contributed by atoms with van der Waals surface area (Å²) in [5.41, 5.74) is 0. The lowest BCUT2D eigenvalue weighted by molar-refractivity contribution is 1.70. The molecule has 3 aromatic rings. The normalized spacial score (nSPS) is 10.6. The molecule has 1 heteroatoms. The first-order chi connectivity index (χ1) is 9.45. The first-order valence-corrected chi connectivity index (χ1v) is 8.25. The Labute approximate surface area is 116 Å². The molecule has 3 rings (SSSR count). The van der Waals surface area contributed by atoms with Crippen molar-refractivity contribution in [1.82, 2.24) is 0 Å². The van der Waals surface area contributed by atoms with E-state index in [9.17, 15) is 0 Å². The Kier molecular flexibility index (Phi) is 3.57. The Morgan fingerprint density at radius 2 is 1.11 bits per heavy atom. The Hall–Kier alpha value is -2.12. The largest absolute Gasteiger partial charge is 0.133 e. The number of rotatable bonds is 3. The summed E-state index contributed by atoms with van der Waals surface area (Å²) in [6.45, 7) is 0. The fourth-order valence-corrected chi connectivity index (χ4v) is 5.31. The third-order valence-electron chi connectivity index (χ3n) is 3.31. The second-order valence-electron chi connectivity index (χ2n) is 4.57. The van der Waals surface area contributed by atoms with Gasteiger partial charge in [-0.25, -0.2) is 0 Å². The summed E-state index contributed by atoms with van der Waals surface area (Å²) in [4.78, 5) is 0. The van der Waals surface area contributed by atoms with Crippen molar-refractivity contribution >= 4 is 24.4 Å². The van der Waals surface area contributed by atoms with E-state index in [0.717, 1.165) is 0 Å². The van der Waals surface area contributed by atoms with Gasteiger partial charge in [-0.15, -0.1) is 0 Å². The highest BCUT2D eigenvalue weighted by atomic mass is 28.3. The Morgan fingerprint density at radius 3 is 1.58 bits per heavy atom. The lowest BCUT2D eigenvalue weighted by Crippen LogP contribution is -2.51. The topological polar surface area (TPSA) is 0 Å². The van der Waals surface area contributed by atoms with Crippen LogP contribution in [0, 0.1) is 6.07 Å². The number of benzene rings is 3. The van der Waals surface area contributed by atoms with Gasteiger partial charge in [0.1, 0.15) is 8.80 Å². The second kappa shape index (κ2) is 5.68. The zero-order chi connectivity index (χ0) is 12.9. The second-order valence-corrected chi connectivity index (χ2v) is 7.39. The van der Waals surface area contributed by atoms with Crippen molar-refractivity contribution < 1.29 is 0 Å². The van der Waals surface area contributed by atoms with Gasteiger partial charge in [0.15, 0.2) is 0 Å². The summed E-state index contributed by atoms with van der Waals surface area (Å²) in [6, 6.07) is 33.4. The molecule has 0 aromatic heterocycles. The molecule has 0 saturated heterocycles. The monoisotopic (exact) mass is 259 g/mol. The fourth-order valence-electron chi connectivity index (χ4n) is 2.43. The van der Waals surface area contributed by atoms with Crippen LogP contribution in [-0.2, 0) is 0 Å². The van der Waals surface area contributed by atoms with Gasteiger partial charge in [-0.2, -0.15) is 0 Å². The van der Waals surface area contributed by atoms with E-state index in [1.54, 1.807) is 0 Å². The van der Waals surface area contributed by atoms with Crippen LogP contribution in [0.25, 0.3) is 0 Å². The minimum absolute atomic E-state index is 1.35. The fraction of sp³-hybridized carbons (Fsp3) is 0. The van der Waals surface area contributed by atoms with Crippen LogP contribution in [0.3, 0.4) is 0 Å². The lowest BCUT2D eigenvalue weighted by Gasteiger charge is -2.16. The highest BCUT2D eigenvalue weighted by molar-refractivity contribution is 6.95. The summed E-state index contributed by atoms with van der Waals surface area (Å²) in [5.74, 6) is 0. The van der Waals surface area contributed by atoms with Crippen molar-refractivity contribution in [2.75, 3.05) is 0 Å². The van der Waals surface area contributed by atoms with E-state index < -0.39 is 8.80 Å². The van der Waals surface area contributed by atoms with Crippen molar-refractivity contribution in [2.24, 2.45) is 0 Å². The summed E-state index contributed by atoms with van der Waals surface area (Å²) in [7, 11) is -1.36. The molecular weight excluding hydrogens is 244 g/mol. The van der Waals surface area contributed by atoms with Crippen LogP contribution >= 0.6 is 0 Å². The van der Waals surface area contributed by atoms with E-state index in [-0.39, 0.29) is 0 Å². The van der Waals surface area contributed by atoms with Crippen LogP contribution in [0.15, 0.2) is 84.9 Å². The van der Waals surface area contributed by atoms with Crippen molar-refractivity contribution in [1.29, 1.82) is 0 Å². The Bertz CT molecular complexity index is 524. The van der Waals surface area contributed by atoms with Gasteiger partial charge in [-0.1, -0.05) is 95.3 Å². The first-order valence-electron chi connectivity index (χ1n) is 6.51. The molecule has 1 radical (unpaired) electrons. The average Bonchev–Trinajstić information content (AvgIpc) is 2.51. The van der Waals surface area contributed by atoms with Crippen LogP contribution in [0.1, 0.15) is 0 Å². The lowest BCUT2D eigenvalue weighted by atomic mass is 10.3. The summed E-state index contributed by atoms with van der Waals surface area (Å²) in [6.07, 6.45) is 0. The van der Waals surface area contributed by atoms with E-state index in [1.807, 2.05) is 12.1 Å². The van der Waals surface area contributed by atoms with Crippen LogP contribution in [0.4, 0.5) is 0 Å². The zero-order valence-electron chi connectivity index (χ0n) is 10.7. The van der Waals surface area contributed by atoms with Gasteiger partial charge in [0.2, 0.25) is 0 Å². The molecule has 0 heterocycles. The van der Waals surface area contributed by atoms with Crippen LogP contribution in [0.5, 0.6) is 0 Å². The molecular formula is C18H15Si. The standard InChI is InChI=1S/C18H15Si/c1-4-10-16(11-5-1)19(17-12-6-2-7-13-17)18-14-8-3-9-15-18/h1-14,19H. The summed E-state index contributed by atoms with van der Waals surface area (Å²) >= 11 is 0. The molecule has 0 aliphatic carbocycles. The van der Waals surface area contributed by atoms with Crippen molar-refractivity contribution in [3.05, 3.63) is 91.0 Å². The highest BCUT2D eigenvalue weighted by Gasteiger charge is 2.17. The van der Waals surface area contributed by atoms with Gasteiger partial charge >= 0.3 is 0 Å². The van der Waals surface area contributed by atoms with Crippen molar-refractivity contribution in [2.45, 2.75) is 0 Å². The van der Waals surface area contributed by atoms with Gasteiger partial charge in [-0.05, 0) is 11.3 Å². The molecule has 0 nitrogen and oxygen atoms in total. The predicted octanol–water partition coefficient (Wildman–Crippen LogP) is 1.74. The minimum atomic E-state index is -1.36. The zero-order valence-corrected chi connectivity index (χ0v) is 11.8. The molecule has 0 amide bonds. The molecule has 91 valence electrons. The van der Waals surface area contributed by atoms with Gasteiger partial charge in [0.05, 0.1) is 0 Å². The van der Waals surface area contributed by atoms with Gasteiger partial charge < -0.3 is 0 Å². The molecule has 0 N–H and O–H groups in total. The van der Waals surface area contributed by atoms with E-state index in [1.165, 1.54) is 15.6 Å². The molecule has 0 fully saturated rings. The maximum Gasteiger partial charge on any atom is 0.133 e. The first kappa shape index (κ1) is 11.9. The molecule has 0 aliphatic rings. The highest BCUT2D eigenvalue weighted by Crippen LogP contribution is 1.95. The SMILES string of the molecule is [c]1ccccc1[SiH](c1ccccc1)c1ccccc1. The smallest absolute Gasteiger partial charge is 0.0625 e. The molecule has 0 unspecified atom stereocenters. The van der Waals surface area contributed by atoms with E-state index in [2.05, 4.69) is 78.9 Å². The molecule has 0 spiro atoms. The van der Waals surface area contributed by atoms with Crippen molar-refractivity contribution in [3.8, 4) is 0 Å². The van der Waals surface area contributed by atoms with E-state index >= 15 is 0 Å². The van der Waals surface area contributed by atoms with Gasteiger partial charge in [-0.3, -0.25) is 0 Å². The quantitative estimate of drug-likeness (QED) is 0.496. The number of hydrogen-bond acceptors (Lipinski definition) is 0. The molecule has 0 saturated carbocycles. The molecule has 0 aliphatic heterocycles. The molecule has 19 heavy (non-hydrogen) atoms. The van der Waals surface area contributed by atoms with E-state index in [4.69, 9.17) is 0 Å². The van der Waals surface area contributed by atoms with Gasteiger partial charge in [0.25, 0.3) is 0 Å². The van der Waals surface area contributed by atoms with Crippen LogP contribution in [-0.4, -0.2) is 8.80 Å². The number of hydrogen-bond donors (Lipinski definition) is 0. The third-order valence-corrected chi connectivity index (χ3v) is 6.39. The third kappa shape index (κ3) is 2.66. The molecule has 0 atom stereocenters. The summed E-state index contributed by atoms with van der Waals surface area (Å²) < 4.78 is 0.